The van der Waals surface area contributed by atoms with Crippen molar-refractivity contribution in [1.82, 2.24) is 10.1 Å². The van der Waals surface area contributed by atoms with Crippen LogP contribution in [0.2, 0.25) is 0 Å². The van der Waals surface area contributed by atoms with Crippen LogP contribution in [0.25, 0.3) is 0 Å². The zero-order valence-electron chi connectivity index (χ0n) is 14.9. The van der Waals surface area contributed by atoms with Gasteiger partial charge in [0.05, 0.1) is 6.04 Å². The number of carbonyl (C=O) groups is 1. The SMILES string of the molecule is CCC1C(O)N(c2cc(C(C)Cc3ccccc3)on2)C(=O)N1CC. The van der Waals surface area contributed by atoms with Gasteiger partial charge in [-0.3, -0.25) is 0 Å². The van der Waals surface area contributed by atoms with Gasteiger partial charge in [0.15, 0.2) is 12.0 Å². The van der Waals surface area contributed by atoms with E-state index < -0.39 is 6.23 Å². The molecular weight excluding hydrogens is 318 g/mol. The Balaban J connectivity index is 1.78. The maximum absolute atomic E-state index is 12.6. The number of aliphatic hydroxyl groups is 1. The Bertz CT molecular complexity index is 716. The van der Waals surface area contributed by atoms with Crippen molar-refractivity contribution >= 4 is 11.8 Å². The molecule has 3 rings (SSSR count). The molecule has 0 saturated carbocycles. The molecule has 25 heavy (non-hydrogen) atoms. The highest BCUT2D eigenvalue weighted by Gasteiger charge is 2.45. The average Bonchev–Trinajstić information content (AvgIpc) is 3.18. The Morgan fingerprint density at radius 1 is 1.28 bits per heavy atom. The van der Waals surface area contributed by atoms with Crippen molar-refractivity contribution in [3.63, 3.8) is 0 Å². The van der Waals surface area contributed by atoms with Crippen molar-refractivity contribution in [2.45, 2.75) is 51.8 Å². The molecule has 0 bridgehead atoms. The summed E-state index contributed by atoms with van der Waals surface area (Å²) in [6, 6.07) is 11.5. The van der Waals surface area contributed by atoms with E-state index in [1.54, 1.807) is 11.0 Å². The topological polar surface area (TPSA) is 69.8 Å². The third-order valence-corrected chi connectivity index (χ3v) is 4.85. The van der Waals surface area contributed by atoms with Crippen LogP contribution < -0.4 is 4.90 Å². The summed E-state index contributed by atoms with van der Waals surface area (Å²) >= 11 is 0. The molecule has 1 N–H and O–H groups in total. The van der Waals surface area contributed by atoms with Crippen LogP contribution in [0.15, 0.2) is 40.9 Å². The van der Waals surface area contributed by atoms with Crippen LogP contribution >= 0.6 is 0 Å². The number of aromatic nitrogens is 1. The molecule has 0 radical (unpaired) electrons. The van der Waals surface area contributed by atoms with E-state index in [9.17, 15) is 9.90 Å². The molecule has 2 amide bonds. The summed E-state index contributed by atoms with van der Waals surface area (Å²) in [7, 11) is 0. The van der Waals surface area contributed by atoms with Gasteiger partial charge in [-0.1, -0.05) is 49.3 Å². The lowest BCUT2D eigenvalue weighted by Crippen LogP contribution is -2.36. The van der Waals surface area contributed by atoms with Crippen molar-refractivity contribution in [3.8, 4) is 0 Å². The summed E-state index contributed by atoms with van der Waals surface area (Å²) in [4.78, 5) is 15.6. The molecule has 2 heterocycles. The molecule has 3 atom stereocenters. The number of nitrogens with zero attached hydrogens (tertiary/aromatic N) is 3. The Kier molecular flexibility index (Phi) is 5.08. The monoisotopic (exact) mass is 343 g/mol. The van der Waals surface area contributed by atoms with Crippen molar-refractivity contribution < 1.29 is 14.4 Å². The summed E-state index contributed by atoms with van der Waals surface area (Å²) < 4.78 is 5.47. The first-order valence-electron chi connectivity index (χ1n) is 8.85. The highest BCUT2D eigenvalue weighted by Crippen LogP contribution is 2.31. The first-order chi connectivity index (χ1) is 12.1. The number of carbonyl (C=O) groups excluding carboxylic acids is 1. The Morgan fingerprint density at radius 3 is 2.60 bits per heavy atom. The van der Waals surface area contributed by atoms with E-state index in [4.69, 9.17) is 4.52 Å². The summed E-state index contributed by atoms with van der Waals surface area (Å²) in [5.41, 5.74) is 1.22. The quantitative estimate of drug-likeness (QED) is 0.873. The highest BCUT2D eigenvalue weighted by molar-refractivity contribution is 5.94. The number of rotatable bonds is 6. The molecule has 1 aliphatic rings. The molecule has 2 aromatic rings. The summed E-state index contributed by atoms with van der Waals surface area (Å²) in [5.74, 6) is 1.21. The molecule has 3 unspecified atom stereocenters. The molecule has 1 aromatic carbocycles. The van der Waals surface area contributed by atoms with Crippen LogP contribution in [-0.2, 0) is 6.42 Å². The fourth-order valence-electron chi connectivity index (χ4n) is 3.45. The predicted molar refractivity (Wildman–Crippen MR) is 95.4 cm³/mol. The van der Waals surface area contributed by atoms with Gasteiger partial charge >= 0.3 is 6.03 Å². The Morgan fingerprint density at radius 2 is 2.00 bits per heavy atom. The predicted octanol–water partition coefficient (Wildman–Crippen LogP) is 3.38. The molecule has 134 valence electrons. The van der Waals surface area contributed by atoms with Crippen LogP contribution in [0.4, 0.5) is 10.6 Å². The van der Waals surface area contributed by atoms with Crippen LogP contribution in [0.3, 0.4) is 0 Å². The number of likely N-dealkylation sites (N-methyl/N-ethyl adjacent to an activating group) is 1. The van der Waals surface area contributed by atoms with Crippen LogP contribution in [-0.4, -0.2) is 40.0 Å². The van der Waals surface area contributed by atoms with Gasteiger partial charge in [-0.2, -0.15) is 0 Å². The lowest BCUT2D eigenvalue weighted by atomic mass is 9.99. The van der Waals surface area contributed by atoms with Crippen LogP contribution in [0.5, 0.6) is 0 Å². The lowest BCUT2D eigenvalue weighted by Gasteiger charge is -2.21. The number of amides is 2. The van der Waals surface area contributed by atoms with Gasteiger partial charge in [0, 0.05) is 18.5 Å². The van der Waals surface area contributed by atoms with Gasteiger partial charge < -0.3 is 14.5 Å². The van der Waals surface area contributed by atoms with Gasteiger partial charge in [0.2, 0.25) is 0 Å². The summed E-state index contributed by atoms with van der Waals surface area (Å²) in [6.07, 6.45) is 0.608. The van der Waals surface area contributed by atoms with Gasteiger partial charge in [-0.25, -0.2) is 9.69 Å². The average molecular weight is 343 g/mol. The third-order valence-electron chi connectivity index (χ3n) is 4.85. The highest BCUT2D eigenvalue weighted by atomic mass is 16.5. The normalized spacial score (nSPS) is 21.8. The first-order valence-corrected chi connectivity index (χ1v) is 8.85. The van der Waals surface area contributed by atoms with E-state index in [2.05, 4.69) is 24.2 Å². The fraction of sp³-hybridized carbons (Fsp3) is 0.474. The number of aliphatic hydroxyl groups excluding tert-OH is 1. The van der Waals surface area contributed by atoms with Crippen molar-refractivity contribution in [2.24, 2.45) is 0 Å². The minimum Gasteiger partial charge on any atom is -0.371 e. The second-order valence-corrected chi connectivity index (χ2v) is 6.51. The number of anilines is 1. The molecule has 1 saturated heterocycles. The zero-order chi connectivity index (χ0) is 18.0. The molecule has 0 spiro atoms. The van der Waals surface area contributed by atoms with Gasteiger partial charge in [-0.05, 0) is 25.3 Å². The smallest absolute Gasteiger partial charge is 0.328 e. The second-order valence-electron chi connectivity index (χ2n) is 6.51. The number of benzene rings is 1. The molecular formula is C19H25N3O3. The van der Waals surface area contributed by atoms with Crippen LogP contribution in [0, 0.1) is 0 Å². The first kappa shape index (κ1) is 17.5. The van der Waals surface area contributed by atoms with E-state index in [-0.39, 0.29) is 18.0 Å². The maximum atomic E-state index is 12.6. The molecule has 1 fully saturated rings. The third kappa shape index (κ3) is 3.26. The lowest BCUT2D eigenvalue weighted by molar-refractivity contribution is 0.118. The molecule has 6 heteroatoms. The Hall–Kier alpha value is -2.34. The fourth-order valence-corrected chi connectivity index (χ4v) is 3.45. The second kappa shape index (κ2) is 7.27. The van der Waals surface area contributed by atoms with Gasteiger partial charge in [-0.15, -0.1) is 0 Å². The number of urea groups is 1. The van der Waals surface area contributed by atoms with E-state index in [0.717, 1.165) is 6.42 Å². The van der Waals surface area contributed by atoms with Gasteiger partial charge in [0.25, 0.3) is 0 Å². The Labute approximate surface area is 148 Å². The van der Waals surface area contributed by atoms with Gasteiger partial charge in [0.1, 0.15) is 5.76 Å². The molecule has 1 aromatic heterocycles. The summed E-state index contributed by atoms with van der Waals surface area (Å²) in [6.45, 7) is 6.49. The minimum atomic E-state index is -0.903. The molecule has 6 nitrogen and oxygen atoms in total. The zero-order valence-corrected chi connectivity index (χ0v) is 14.9. The standard InChI is InChI=1S/C19H25N3O3/c1-4-15-18(23)22(19(24)21(15)5-2)17-12-16(25-20-17)13(3)11-14-9-7-6-8-10-14/h6-10,12-13,15,18,23H,4-5,11H2,1-3H3. The molecule has 1 aliphatic heterocycles. The van der Waals surface area contributed by atoms with Crippen molar-refractivity contribution in [2.75, 3.05) is 11.4 Å². The van der Waals surface area contributed by atoms with Crippen molar-refractivity contribution in [3.05, 3.63) is 47.7 Å². The number of hydrogen-bond acceptors (Lipinski definition) is 4. The van der Waals surface area contributed by atoms with E-state index in [1.165, 1.54) is 10.5 Å². The van der Waals surface area contributed by atoms with E-state index in [1.807, 2.05) is 32.0 Å². The largest absolute Gasteiger partial charge is 0.371 e. The number of hydrogen-bond donors (Lipinski definition) is 1. The van der Waals surface area contributed by atoms with E-state index in [0.29, 0.717) is 24.5 Å². The summed E-state index contributed by atoms with van der Waals surface area (Å²) in [5, 5.41) is 14.6. The van der Waals surface area contributed by atoms with Crippen LogP contribution in [0.1, 0.15) is 44.4 Å². The molecule has 0 aliphatic carbocycles. The minimum absolute atomic E-state index is 0.128. The maximum Gasteiger partial charge on any atom is 0.328 e. The van der Waals surface area contributed by atoms with E-state index >= 15 is 0 Å². The van der Waals surface area contributed by atoms with Crippen molar-refractivity contribution in [1.29, 1.82) is 0 Å².